The van der Waals surface area contributed by atoms with Gasteiger partial charge in [-0.15, -0.1) is 0 Å². The number of halogens is 1. The molecule has 1 aromatic heterocycles. The maximum atomic E-state index is 12.5. The van der Waals surface area contributed by atoms with Crippen LogP contribution in [-0.4, -0.2) is 39.7 Å². The van der Waals surface area contributed by atoms with Gasteiger partial charge in [0.25, 0.3) is 0 Å². The Morgan fingerprint density at radius 1 is 1.32 bits per heavy atom. The topological polar surface area (TPSA) is 50.2 Å². The summed E-state index contributed by atoms with van der Waals surface area (Å²) in [5, 5.41) is 8.01. The Morgan fingerprint density at radius 2 is 2.08 bits per heavy atom. The van der Waals surface area contributed by atoms with Crippen LogP contribution in [0.5, 0.6) is 0 Å². The van der Waals surface area contributed by atoms with Crippen molar-refractivity contribution in [3.8, 4) is 0 Å². The van der Waals surface area contributed by atoms with E-state index >= 15 is 0 Å². The molecule has 1 amide bonds. The van der Waals surface area contributed by atoms with Crippen LogP contribution in [-0.2, 0) is 11.3 Å². The highest BCUT2D eigenvalue weighted by molar-refractivity contribution is 6.31. The number of carbonyl (C=O) groups is 1. The van der Waals surface area contributed by atoms with Crippen molar-refractivity contribution in [2.24, 2.45) is 0 Å². The highest BCUT2D eigenvalue weighted by atomic mass is 35.5. The van der Waals surface area contributed by atoms with Crippen molar-refractivity contribution in [2.45, 2.75) is 45.2 Å². The summed E-state index contributed by atoms with van der Waals surface area (Å²) in [6, 6.07) is 10.0. The van der Waals surface area contributed by atoms with E-state index in [1.54, 1.807) is 10.9 Å². The van der Waals surface area contributed by atoms with Crippen LogP contribution in [0.2, 0.25) is 5.02 Å². The van der Waals surface area contributed by atoms with E-state index in [9.17, 15) is 4.79 Å². The first kappa shape index (κ1) is 18.0. The summed E-state index contributed by atoms with van der Waals surface area (Å²) in [7, 11) is 0. The predicted octanol–water partition coefficient (Wildman–Crippen LogP) is 3.79. The molecule has 1 heterocycles. The minimum Gasteiger partial charge on any atom is -0.310 e. The van der Waals surface area contributed by atoms with Crippen LogP contribution in [0.4, 0.5) is 5.82 Å². The molecule has 1 aromatic carbocycles. The summed E-state index contributed by atoms with van der Waals surface area (Å²) in [6.45, 7) is 3.98. The second-order valence-electron chi connectivity index (χ2n) is 6.52. The third kappa shape index (κ3) is 4.61. The largest absolute Gasteiger partial charge is 0.310 e. The number of likely N-dealkylation sites (N-methyl/N-ethyl adjacent to an activating group) is 1. The van der Waals surface area contributed by atoms with E-state index in [0.29, 0.717) is 30.0 Å². The highest BCUT2D eigenvalue weighted by Crippen LogP contribution is 2.23. The third-order valence-electron chi connectivity index (χ3n) is 4.86. The monoisotopic (exact) mass is 360 g/mol. The third-order valence-corrected chi connectivity index (χ3v) is 5.22. The lowest BCUT2D eigenvalue weighted by Gasteiger charge is -2.26. The number of hydrogen-bond acceptors (Lipinski definition) is 3. The van der Waals surface area contributed by atoms with Crippen molar-refractivity contribution in [1.29, 1.82) is 0 Å². The Morgan fingerprint density at radius 3 is 2.80 bits per heavy atom. The van der Waals surface area contributed by atoms with Gasteiger partial charge in [-0.2, -0.15) is 5.10 Å². The molecule has 5 nitrogen and oxygen atoms in total. The van der Waals surface area contributed by atoms with Crippen LogP contribution in [0.15, 0.2) is 36.5 Å². The zero-order valence-electron chi connectivity index (χ0n) is 14.6. The molecule has 0 aliphatic heterocycles. The molecule has 1 N–H and O–H groups in total. The molecular formula is C19H25ClN4O. The summed E-state index contributed by atoms with van der Waals surface area (Å²) in [6.07, 6.45) is 6.64. The molecule has 0 unspecified atom stereocenters. The molecule has 0 saturated heterocycles. The lowest BCUT2D eigenvalue weighted by atomic mass is 10.2. The number of rotatable bonds is 7. The Labute approximate surface area is 154 Å². The van der Waals surface area contributed by atoms with Gasteiger partial charge in [-0.1, -0.05) is 49.6 Å². The van der Waals surface area contributed by atoms with Crippen LogP contribution >= 0.6 is 11.6 Å². The molecular weight excluding hydrogens is 336 g/mol. The lowest BCUT2D eigenvalue weighted by Crippen LogP contribution is -2.39. The van der Waals surface area contributed by atoms with Gasteiger partial charge < -0.3 is 5.32 Å². The molecule has 3 rings (SSSR count). The van der Waals surface area contributed by atoms with Crippen LogP contribution in [0, 0.1) is 0 Å². The number of nitrogens with zero attached hydrogens (tertiary/aromatic N) is 3. The fraction of sp³-hybridized carbons (Fsp3) is 0.474. The molecule has 6 heteroatoms. The Bertz CT molecular complexity index is 709. The number of aromatic nitrogens is 2. The molecule has 1 saturated carbocycles. The molecule has 1 aliphatic rings. The zero-order valence-corrected chi connectivity index (χ0v) is 15.4. The van der Waals surface area contributed by atoms with Crippen molar-refractivity contribution < 1.29 is 4.79 Å². The van der Waals surface area contributed by atoms with Gasteiger partial charge in [0.2, 0.25) is 5.91 Å². The van der Waals surface area contributed by atoms with Crippen molar-refractivity contribution in [3.05, 3.63) is 47.1 Å². The molecule has 25 heavy (non-hydrogen) atoms. The summed E-state index contributed by atoms with van der Waals surface area (Å²) in [4.78, 5) is 14.8. The number of nitrogens with one attached hydrogen (secondary N) is 1. The van der Waals surface area contributed by atoms with Gasteiger partial charge in [-0.25, -0.2) is 4.68 Å². The molecule has 0 bridgehead atoms. The highest BCUT2D eigenvalue weighted by Gasteiger charge is 2.23. The molecule has 0 spiro atoms. The summed E-state index contributed by atoms with van der Waals surface area (Å²) >= 11 is 6.22. The van der Waals surface area contributed by atoms with Crippen molar-refractivity contribution in [1.82, 2.24) is 14.7 Å². The standard InChI is InChI=1S/C19H25ClN4O/c1-2-23(16-8-4-5-9-16)14-19(25)22-18-11-12-21-24(18)13-15-7-3-6-10-17(15)20/h3,6-7,10-12,16H,2,4-5,8-9,13-14H2,1H3,(H,22,25). The Balaban J connectivity index is 1.62. The predicted molar refractivity (Wildman–Crippen MR) is 101 cm³/mol. The fourth-order valence-electron chi connectivity index (χ4n) is 3.49. The van der Waals surface area contributed by atoms with Gasteiger partial charge in [0, 0.05) is 17.1 Å². The van der Waals surface area contributed by atoms with Crippen molar-refractivity contribution in [3.63, 3.8) is 0 Å². The van der Waals surface area contributed by atoms with E-state index in [-0.39, 0.29) is 5.91 Å². The van der Waals surface area contributed by atoms with E-state index in [1.165, 1.54) is 25.7 Å². The average Bonchev–Trinajstić information content (AvgIpc) is 3.27. The first-order valence-electron chi connectivity index (χ1n) is 8.96. The van der Waals surface area contributed by atoms with E-state index in [4.69, 9.17) is 11.6 Å². The molecule has 0 radical (unpaired) electrons. The van der Waals surface area contributed by atoms with Gasteiger partial charge in [0.15, 0.2) is 0 Å². The smallest absolute Gasteiger partial charge is 0.239 e. The minimum atomic E-state index is 0.00894. The second-order valence-corrected chi connectivity index (χ2v) is 6.92. The quantitative estimate of drug-likeness (QED) is 0.817. The van der Waals surface area contributed by atoms with E-state index < -0.39 is 0 Å². The van der Waals surface area contributed by atoms with Crippen molar-refractivity contribution >= 4 is 23.3 Å². The van der Waals surface area contributed by atoms with Gasteiger partial charge in [-0.3, -0.25) is 9.69 Å². The number of amides is 1. The SMILES string of the molecule is CCN(CC(=O)Nc1ccnn1Cc1ccccc1Cl)C1CCCC1. The zero-order chi connectivity index (χ0) is 17.6. The Hall–Kier alpha value is -1.85. The molecule has 2 aromatic rings. The molecule has 0 atom stereocenters. The number of hydrogen-bond donors (Lipinski definition) is 1. The number of anilines is 1. The maximum Gasteiger partial charge on any atom is 0.239 e. The van der Waals surface area contributed by atoms with Crippen molar-refractivity contribution in [2.75, 3.05) is 18.4 Å². The van der Waals surface area contributed by atoms with E-state index in [1.807, 2.05) is 30.3 Å². The molecule has 134 valence electrons. The summed E-state index contributed by atoms with van der Waals surface area (Å²) in [5.41, 5.74) is 0.976. The van der Waals surface area contributed by atoms with Crippen LogP contribution < -0.4 is 5.32 Å². The van der Waals surface area contributed by atoms with Gasteiger partial charge >= 0.3 is 0 Å². The normalized spacial score (nSPS) is 15.0. The fourth-order valence-corrected chi connectivity index (χ4v) is 3.68. The van der Waals surface area contributed by atoms with Gasteiger partial charge in [-0.05, 0) is 31.0 Å². The van der Waals surface area contributed by atoms with Gasteiger partial charge in [0.1, 0.15) is 5.82 Å². The number of carbonyl (C=O) groups excluding carboxylic acids is 1. The maximum absolute atomic E-state index is 12.5. The summed E-state index contributed by atoms with van der Waals surface area (Å²) in [5.74, 6) is 0.710. The van der Waals surface area contributed by atoms with E-state index in [0.717, 1.165) is 12.1 Å². The first-order valence-corrected chi connectivity index (χ1v) is 9.34. The molecule has 1 aliphatic carbocycles. The molecule has 1 fully saturated rings. The Kier molecular flexibility index (Phi) is 6.10. The van der Waals surface area contributed by atoms with Crippen LogP contribution in [0.25, 0.3) is 0 Å². The second kappa shape index (κ2) is 8.50. The first-order chi connectivity index (χ1) is 12.2. The number of benzene rings is 1. The van der Waals surface area contributed by atoms with Crippen LogP contribution in [0.1, 0.15) is 38.2 Å². The lowest BCUT2D eigenvalue weighted by molar-refractivity contribution is -0.117. The minimum absolute atomic E-state index is 0.00894. The van der Waals surface area contributed by atoms with Crippen LogP contribution in [0.3, 0.4) is 0 Å². The summed E-state index contributed by atoms with van der Waals surface area (Å²) < 4.78 is 1.77. The average molecular weight is 361 g/mol. The van der Waals surface area contributed by atoms with E-state index in [2.05, 4.69) is 22.2 Å². The van der Waals surface area contributed by atoms with Gasteiger partial charge in [0.05, 0.1) is 19.3 Å².